The van der Waals surface area contributed by atoms with Crippen molar-refractivity contribution in [3.63, 3.8) is 0 Å². The molecule has 1 fully saturated rings. The predicted molar refractivity (Wildman–Crippen MR) is 62.7 cm³/mol. The maximum absolute atomic E-state index is 11.3. The van der Waals surface area contributed by atoms with E-state index in [0.29, 0.717) is 6.54 Å². The molecule has 1 aliphatic heterocycles. The van der Waals surface area contributed by atoms with E-state index in [4.69, 9.17) is 0 Å². The molecule has 1 heterocycles. The van der Waals surface area contributed by atoms with Crippen LogP contribution in [0.15, 0.2) is 4.99 Å². The maximum atomic E-state index is 11.3. The summed E-state index contributed by atoms with van der Waals surface area (Å²) in [7, 11) is 0. The van der Waals surface area contributed by atoms with Crippen LogP contribution in [-0.4, -0.2) is 30.6 Å². The lowest BCUT2D eigenvalue weighted by Crippen LogP contribution is -2.56. The van der Waals surface area contributed by atoms with Crippen molar-refractivity contribution in [1.82, 2.24) is 10.6 Å². The van der Waals surface area contributed by atoms with E-state index in [2.05, 4.69) is 11.9 Å². The Balaban J connectivity index is 2.34. The van der Waals surface area contributed by atoms with Gasteiger partial charge in [-0.15, -0.1) is 0 Å². The van der Waals surface area contributed by atoms with Crippen LogP contribution in [0, 0.1) is 5.92 Å². The summed E-state index contributed by atoms with van der Waals surface area (Å²) in [6.07, 6.45) is 5.66. The zero-order valence-electron chi connectivity index (χ0n) is 9.86. The predicted octanol–water partition coefficient (Wildman–Crippen LogP) is 0.620. The summed E-state index contributed by atoms with van der Waals surface area (Å²) in [5.74, 6) is -2.22. The minimum absolute atomic E-state index is 0.602. The van der Waals surface area contributed by atoms with Crippen molar-refractivity contribution >= 4 is 24.1 Å². The minimum Gasteiger partial charge on any atom is -0.296 e. The zero-order valence-corrected chi connectivity index (χ0v) is 9.86. The van der Waals surface area contributed by atoms with Crippen LogP contribution in [0.4, 0.5) is 4.79 Å². The Labute approximate surface area is 99.9 Å². The highest BCUT2D eigenvalue weighted by Crippen LogP contribution is 2.01. The Morgan fingerprint density at radius 3 is 2.35 bits per heavy atom. The monoisotopic (exact) mass is 239 g/mol. The lowest BCUT2D eigenvalue weighted by Gasteiger charge is -2.16. The van der Waals surface area contributed by atoms with Crippen LogP contribution in [0.25, 0.3) is 0 Å². The number of nitrogens with zero attached hydrogens (tertiary/aromatic N) is 1. The van der Waals surface area contributed by atoms with Gasteiger partial charge in [-0.3, -0.25) is 25.2 Å². The van der Waals surface area contributed by atoms with Crippen LogP contribution in [0.5, 0.6) is 0 Å². The number of aliphatic imine (C=N–C) groups is 1. The number of nitrogens with one attached hydrogen (secondary N) is 2. The second kappa shape index (κ2) is 6.78. The highest BCUT2D eigenvalue weighted by molar-refractivity contribution is 6.23. The van der Waals surface area contributed by atoms with E-state index < -0.39 is 23.8 Å². The van der Waals surface area contributed by atoms with E-state index in [1.807, 2.05) is 10.6 Å². The molecule has 6 heteroatoms. The molecule has 0 bridgehead atoms. The number of imide groups is 2. The summed E-state index contributed by atoms with van der Waals surface area (Å²) in [6, 6.07) is -0.771. The third-order valence-corrected chi connectivity index (χ3v) is 2.43. The molecule has 1 rings (SSSR count). The van der Waals surface area contributed by atoms with Crippen molar-refractivity contribution in [3.8, 4) is 0 Å². The summed E-state index contributed by atoms with van der Waals surface area (Å²) in [5, 5.41) is 4.04. The summed E-state index contributed by atoms with van der Waals surface area (Å²) in [5.41, 5.74) is 0. The molecule has 94 valence electrons. The quantitative estimate of drug-likeness (QED) is 0.404. The second-order valence-electron chi connectivity index (χ2n) is 3.90. The molecule has 6 nitrogen and oxygen atoms in total. The fourth-order valence-corrected chi connectivity index (χ4v) is 1.47. The van der Waals surface area contributed by atoms with Crippen molar-refractivity contribution < 1.29 is 14.4 Å². The van der Waals surface area contributed by atoms with Gasteiger partial charge in [-0.2, -0.15) is 0 Å². The number of carbonyl (C=O) groups is 3. The fraction of sp³-hybridized carbons (Fsp3) is 0.636. The lowest BCUT2D eigenvalue weighted by molar-refractivity contribution is -0.132. The molecule has 0 aromatic carbocycles. The van der Waals surface area contributed by atoms with E-state index in [-0.39, 0.29) is 0 Å². The van der Waals surface area contributed by atoms with Gasteiger partial charge in [-0.05, 0) is 6.42 Å². The number of hydrogen-bond acceptors (Lipinski definition) is 4. The third kappa shape index (κ3) is 4.34. The van der Waals surface area contributed by atoms with Crippen LogP contribution >= 0.6 is 0 Å². The number of rotatable bonds is 6. The van der Waals surface area contributed by atoms with Gasteiger partial charge in [0.1, 0.15) is 0 Å². The van der Waals surface area contributed by atoms with Gasteiger partial charge in [0.15, 0.2) is 5.92 Å². The van der Waals surface area contributed by atoms with E-state index >= 15 is 0 Å². The third-order valence-electron chi connectivity index (χ3n) is 2.43. The van der Waals surface area contributed by atoms with Crippen LogP contribution < -0.4 is 10.6 Å². The molecule has 0 unspecified atom stereocenters. The molecule has 0 saturated carbocycles. The molecule has 4 amide bonds. The molecule has 0 aromatic heterocycles. The molecule has 1 saturated heterocycles. The van der Waals surface area contributed by atoms with Gasteiger partial charge >= 0.3 is 6.03 Å². The molecule has 0 aliphatic carbocycles. The molecular formula is C11H17N3O3. The first-order valence-electron chi connectivity index (χ1n) is 5.80. The fourth-order valence-electron chi connectivity index (χ4n) is 1.47. The largest absolute Gasteiger partial charge is 0.328 e. The van der Waals surface area contributed by atoms with Gasteiger partial charge in [-0.1, -0.05) is 26.2 Å². The van der Waals surface area contributed by atoms with Gasteiger partial charge in [-0.25, -0.2) is 4.79 Å². The Morgan fingerprint density at radius 2 is 1.76 bits per heavy atom. The zero-order chi connectivity index (χ0) is 12.7. The van der Waals surface area contributed by atoms with E-state index in [9.17, 15) is 14.4 Å². The Hall–Kier alpha value is -1.72. The standard InChI is InChI=1S/C11H17N3O3/c1-2-3-4-5-6-12-7-8-9(15)13-11(17)14-10(8)16/h7-8H,2-6H2,1H3,(H2,13,14,15,16,17). The summed E-state index contributed by atoms with van der Waals surface area (Å²) >= 11 is 0. The molecule has 17 heavy (non-hydrogen) atoms. The Kier molecular flexibility index (Phi) is 5.32. The number of amides is 4. The van der Waals surface area contributed by atoms with Crippen molar-refractivity contribution in [2.45, 2.75) is 32.6 Å². The summed E-state index contributed by atoms with van der Waals surface area (Å²) in [4.78, 5) is 37.4. The average Bonchev–Trinajstić information content (AvgIpc) is 2.26. The second-order valence-corrected chi connectivity index (χ2v) is 3.90. The molecule has 0 spiro atoms. The molecule has 1 aliphatic rings. The van der Waals surface area contributed by atoms with Crippen molar-refractivity contribution in [1.29, 1.82) is 0 Å². The number of carbonyl (C=O) groups excluding carboxylic acids is 3. The smallest absolute Gasteiger partial charge is 0.296 e. The Bertz CT molecular complexity index is 319. The van der Waals surface area contributed by atoms with Crippen molar-refractivity contribution in [2.75, 3.05) is 6.54 Å². The highest BCUT2D eigenvalue weighted by Gasteiger charge is 2.32. The molecule has 0 atom stereocenters. The first-order chi connectivity index (χ1) is 8.15. The normalized spacial score (nSPS) is 17.4. The molecule has 0 aromatic rings. The molecule has 2 N–H and O–H groups in total. The number of urea groups is 1. The molecule has 0 radical (unpaired) electrons. The van der Waals surface area contributed by atoms with Gasteiger partial charge in [0.05, 0.1) is 0 Å². The van der Waals surface area contributed by atoms with Gasteiger partial charge in [0.2, 0.25) is 11.8 Å². The van der Waals surface area contributed by atoms with Gasteiger partial charge in [0, 0.05) is 12.8 Å². The SMILES string of the molecule is CCCCCCN=CC1C(=O)NC(=O)NC1=O. The van der Waals surface area contributed by atoms with E-state index in [1.54, 1.807) is 0 Å². The van der Waals surface area contributed by atoms with Crippen molar-refractivity contribution in [2.24, 2.45) is 10.9 Å². The summed E-state index contributed by atoms with van der Waals surface area (Å²) < 4.78 is 0. The first-order valence-corrected chi connectivity index (χ1v) is 5.80. The first kappa shape index (κ1) is 13.3. The van der Waals surface area contributed by atoms with Gasteiger partial charge in [0.25, 0.3) is 0 Å². The van der Waals surface area contributed by atoms with Crippen molar-refractivity contribution in [3.05, 3.63) is 0 Å². The highest BCUT2D eigenvalue weighted by atomic mass is 16.2. The van der Waals surface area contributed by atoms with E-state index in [0.717, 1.165) is 25.7 Å². The summed E-state index contributed by atoms with van der Waals surface area (Å²) in [6.45, 7) is 2.72. The maximum Gasteiger partial charge on any atom is 0.328 e. The van der Waals surface area contributed by atoms with Crippen LogP contribution in [0.2, 0.25) is 0 Å². The van der Waals surface area contributed by atoms with Gasteiger partial charge < -0.3 is 0 Å². The average molecular weight is 239 g/mol. The Morgan fingerprint density at radius 1 is 1.12 bits per heavy atom. The number of hydrogen-bond donors (Lipinski definition) is 2. The van der Waals surface area contributed by atoms with E-state index in [1.165, 1.54) is 6.21 Å². The minimum atomic E-state index is -0.987. The lowest BCUT2D eigenvalue weighted by atomic mass is 10.1. The van der Waals surface area contributed by atoms with Crippen LogP contribution in [0.3, 0.4) is 0 Å². The van der Waals surface area contributed by atoms with Crippen LogP contribution in [-0.2, 0) is 9.59 Å². The number of barbiturate groups is 1. The topological polar surface area (TPSA) is 87.6 Å². The van der Waals surface area contributed by atoms with Crippen LogP contribution in [0.1, 0.15) is 32.6 Å². The molecular weight excluding hydrogens is 222 g/mol. The number of unbranched alkanes of at least 4 members (excludes halogenated alkanes) is 3.